The van der Waals surface area contributed by atoms with Crippen LogP contribution in [0.1, 0.15) is 25.3 Å². The van der Waals surface area contributed by atoms with Crippen LogP contribution in [0.3, 0.4) is 0 Å². The van der Waals surface area contributed by atoms with Gasteiger partial charge in [0.1, 0.15) is 5.82 Å². The Morgan fingerprint density at radius 2 is 2.40 bits per heavy atom. The van der Waals surface area contributed by atoms with Crippen molar-refractivity contribution in [3.05, 3.63) is 17.8 Å². The molecule has 1 aromatic heterocycles. The van der Waals surface area contributed by atoms with E-state index < -0.39 is 0 Å². The van der Waals surface area contributed by atoms with E-state index in [4.69, 9.17) is 12.2 Å². The lowest BCUT2D eigenvalue weighted by Crippen LogP contribution is -2.18. The highest BCUT2D eigenvalue weighted by molar-refractivity contribution is 5.62. The summed E-state index contributed by atoms with van der Waals surface area (Å²) in [5.41, 5.74) is 7.52. The minimum atomic E-state index is 0.00695. The first-order valence-electron chi connectivity index (χ1n) is 5.12. The van der Waals surface area contributed by atoms with Gasteiger partial charge in [-0.1, -0.05) is 19.3 Å². The van der Waals surface area contributed by atoms with E-state index >= 15 is 0 Å². The zero-order valence-corrected chi connectivity index (χ0v) is 9.25. The van der Waals surface area contributed by atoms with Crippen molar-refractivity contribution in [2.24, 2.45) is 0 Å². The predicted molar refractivity (Wildman–Crippen MR) is 64.5 cm³/mol. The van der Waals surface area contributed by atoms with E-state index in [0.29, 0.717) is 11.5 Å². The lowest BCUT2D eigenvalue weighted by atomic mass is 10.2. The molecule has 0 aliphatic heterocycles. The average Bonchev–Trinajstić information content (AvgIpc) is 2.21. The van der Waals surface area contributed by atoms with Crippen LogP contribution < -0.4 is 11.1 Å². The van der Waals surface area contributed by atoms with Crippen molar-refractivity contribution in [2.45, 2.75) is 32.7 Å². The number of rotatable bonds is 4. The minimum Gasteiger partial charge on any atom is -0.396 e. The number of nitrogens with two attached hydrogens (primary N) is 1. The number of terminal acetylenes is 1. The fraction of sp³-hybridized carbons (Fsp3) is 0.417. The van der Waals surface area contributed by atoms with Crippen LogP contribution in [0.15, 0.2) is 12.3 Å². The first-order valence-corrected chi connectivity index (χ1v) is 5.12. The zero-order valence-electron chi connectivity index (χ0n) is 9.25. The fourth-order valence-electron chi connectivity index (χ4n) is 1.36. The molecule has 3 N–H and O–H groups in total. The van der Waals surface area contributed by atoms with E-state index in [0.717, 1.165) is 18.4 Å². The number of hydrogen-bond donors (Lipinski definition) is 2. The monoisotopic (exact) mass is 203 g/mol. The lowest BCUT2D eigenvalue weighted by Gasteiger charge is -2.14. The molecule has 1 aromatic rings. The van der Waals surface area contributed by atoms with Gasteiger partial charge in [0.15, 0.2) is 0 Å². The Hall–Kier alpha value is -1.69. The van der Waals surface area contributed by atoms with Crippen LogP contribution in [0.5, 0.6) is 0 Å². The van der Waals surface area contributed by atoms with Gasteiger partial charge in [-0.15, -0.1) is 6.42 Å². The quantitative estimate of drug-likeness (QED) is 0.737. The van der Waals surface area contributed by atoms with E-state index in [1.165, 1.54) is 0 Å². The molecule has 0 aliphatic rings. The second-order valence-electron chi connectivity index (χ2n) is 3.60. The van der Waals surface area contributed by atoms with Crippen molar-refractivity contribution in [1.29, 1.82) is 0 Å². The Kier molecular flexibility index (Phi) is 3.99. The van der Waals surface area contributed by atoms with Crippen LogP contribution in [0.4, 0.5) is 11.5 Å². The fourth-order valence-corrected chi connectivity index (χ4v) is 1.36. The van der Waals surface area contributed by atoms with Crippen LogP contribution >= 0.6 is 0 Å². The summed E-state index contributed by atoms with van der Waals surface area (Å²) in [5.74, 6) is 3.36. The average molecular weight is 203 g/mol. The summed E-state index contributed by atoms with van der Waals surface area (Å²) in [5, 5.41) is 3.15. The molecule has 0 aliphatic carbocycles. The van der Waals surface area contributed by atoms with E-state index in [9.17, 15) is 0 Å². The summed E-state index contributed by atoms with van der Waals surface area (Å²) in [7, 11) is 0. The molecule has 0 radical (unpaired) electrons. The van der Waals surface area contributed by atoms with Crippen molar-refractivity contribution < 1.29 is 0 Å². The van der Waals surface area contributed by atoms with Gasteiger partial charge >= 0.3 is 0 Å². The molecule has 80 valence electrons. The van der Waals surface area contributed by atoms with Crippen LogP contribution in [0.2, 0.25) is 0 Å². The van der Waals surface area contributed by atoms with Crippen molar-refractivity contribution in [3.8, 4) is 12.3 Å². The number of aromatic nitrogens is 1. The number of nitrogen functional groups attached to an aromatic ring is 1. The van der Waals surface area contributed by atoms with Crippen LogP contribution in [0, 0.1) is 19.3 Å². The molecule has 1 heterocycles. The van der Waals surface area contributed by atoms with Crippen LogP contribution in [-0.2, 0) is 0 Å². The molecular formula is C12H17N3. The van der Waals surface area contributed by atoms with Crippen LogP contribution in [-0.4, -0.2) is 11.0 Å². The number of nitrogens with zero attached hydrogens (tertiary/aromatic N) is 1. The first-order chi connectivity index (χ1) is 7.17. The second-order valence-corrected chi connectivity index (χ2v) is 3.60. The maximum atomic E-state index is 5.83. The normalized spacial score (nSPS) is 11.8. The van der Waals surface area contributed by atoms with Gasteiger partial charge in [0.05, 0.1) is 11.7 Å². The third-order valence-corrected chi connectivity index (χ3v) is 2.14. The summed E-state index contributed by atoms with van der Waals surface area (Å²) in [4.78, 5) is 4.22. The highest BCUT2D eigenvalue weighted by Gasteiger charge is 2.06. The molecule has 1 unspecified atom stereocenters. The summed E-state index contributed by atoms with van der Waals surface area (Å²) in [6.45, 7) is 4.05. The van der Waals surface area contributed by atoms with Gasteiger partial charge in [-0.25, -0.2) is 4.98 Å². The van der Waals surface area contributed by atoms with Crippen LogP contribution in [0.25, 0.3) is 0 Å². The largest absolute Gasteiger partial charge is 0.396 e. The summed E-state index contributed by atoms with van der Waals surface area (Å²) in [6.07, 6.45) is 9.14. The molecule has 0 bridgehead atoms. The molecule has 0 amide bonds. The molecule has 1 atom stereocenters. The lowest BCUT2D eigenvalue weighted by molar-refractivity contribution is 0.753. The topological polar surface area (TPSA) is 50.9 Å². The van der Waals surface area contributed by atoms with E-state index in [2.05, 4.69) is 23.1 Å². The molecule has 1 rings (SSSR count). The standard InChI is InChI=1S/C12H17N3/c1-4-6-10(5-2)15-12-11(13)7-9(3)8-14-12/h2,7-8,10H,4,6,13H2,1,3H3,(H,14,15). The predicted octanol–water partition coefficient (Wildman–Crippen LogP) is 2.19. The Balaban J connectivity index is 2.76. The molecule has 0 aromatic carbocycles. The summed E-state index contributed by atoms with van der Waals surface area (Å²) < 4.78 is 0. The summed E-state index contributed by atoms with van der Waals surface area (Å²) in [6, 6.07) is 1.89. The number of pyridine rings is 1. The molecule has 3 nitrogen and oxygen atoms in total. The van der Waals surface area contributed by atoms with Gasteiger partial charge in [-0.2, -0.15) is 0 Å². The van der Waals surface area contributed by atoms with E-state index in [1.807, 2.05) is 13.0 Å². The number of hydrogen-bond acceptors (Lipinski definition) is 3. The highest BCUT2D eigenvalue weighted by Crippen LogP contribution is 2.17. The number of anilines is 2. The van der Waals surface area contributed by atoms with Gasteiger partial charge in [-0.05, 0) is 25.0 Å². The second kappa shape index (κ2) is 5.26. The molecule has 3 heteroatoms. The third-order valence-electron chi connectivity index (χ3n) is 2.14. The van der Waals surface area contributed by atoms with Gasteiger partial charge in [0.2, 0.25) is 0 Å². The maximum absolute atomic E-state index is 5.83. The smallest absolute Gasteiger partial charge is 0.150 e. The molecular weight excluding hydrogens is 186 g/mol. The Morgan fingerprint density at radius 1 is 1.67 bits per heavy atom. The molecule has 0 saturated carbocycles. The van der Waals surface area contributed by atoms with Gasteiger partial charge in [0.25, 0.3) is 0 Å². The van der Waals surface area contributed by atoms with Crippen molar-refractivity contribution in [2.75, 3.05) is 11.1 Å². The minimum absolute atomic E-state index is 0.00695. The highest BCUT2D eigenvalue weighted by atomic mass is 15.0. The van der Waals surface area contributed by atoms with Crippen molar-refractivity contribution in [3.63, 3.8) is 0 Å². The number of nitrogens with one attached hydrogen (secondary N) is 1. The van der Waals surface area contributed by atoms with Crippen molar-refractivity contribution in [1.82, 2.24) is 4.98 Å². The SMILES string of the molecule is C#CC(CCC)Nc1ncc(C)cc1N. The molecule has 0 spiro atoms. The first kappa shape index (κ1) is 11.4. The Labute approximate surface area is 91.1 Å². The zero-order chi connectivity index (χ0) is 11.3. The Morgan fingerprint density at radius 3 is 2.93 bits per heavy atom. The molecule has 0 fully saturated rings. The number of aryl methyl sites for hydroxylation is 1. The summed E-state index contributed by atoms with van der Waals surface area (Å²) >= 11 is 0. The van der Waals surface area contributed by atoms with Gasteiger partial charge in [0, 0.05) is 6.20 Å². The molecule has 15 heavy (non-hydrogen) atoms. The third kappa shape index (κ3) is 3.17. The van der Waals surface area contributed by atoms with E-state index in [1.54, 1.807) is 6.20 Å². The van der Waals surface area contributed by atoms with E-state index in [-0.39, 0.29) is 6.04 Å². The maximum Gasteiger partial charge on any atom is 0.150 e. The Bertz CT molecular complexity index is 366. The van der Waals surface area contributed by atoms with Gasteiger partial charge in [-0.3, -0.25) is 0 Å². The van der Waals surface area contributed by atoms with Crippen molar-refractivity contribution >= 4 is 11.5 Å². The molecule has 0 saturated heterocycles. The van der Waals surface area contributed by atoms with Gasteiger partial charge < -0.3 is 11.1 Å².